The molecular weight excluding hydrogens is 354 g/mol. The van der Waals surface area contributed by atoms with Crippen molar-refractivity contribution in [3.8, 4) is 0 Å². The number of hydrogen-bond donors (Lipinski definition) is 1. The minimum Gasteiger partial charge on any atom is -0.455 e. The predicted molar refractivity (Wildman–Crippen MR) is 86.2 cm³/mol. The van der Waals surface area contributed by atoms with Gasteiger partial charge in [0, 0.05) is 21.7 Å². The first-order valence-corrected chi connectivity index (χ1v) is 8.75. The second kappa shape index (κ2) is 8.44. The van der Waals surface area contributed by atoms with Gasteiger partial charge in [-0.15, -0.1) is 11.8 Å². The Bertz CT molecular complexity index is 488. The molecule has 2 rings (SSSR count). The lowest BCUT2D eigenvalue weighted by Crippen LogP contribution is -2.33. The predicted octanol–water partition coefficient (Wildman–Crippen LogP) is 3.00. The third kappa shape index (κ3) is 5.71. The third-order valence-electron chi connectivity index (χ3n) is 3.29. The Morgan fingerprint density at radius 2 is 2.00 bits per heavy atom. The van der Waals surface area contributed by atoms with E-state index in [9.17, 15) is 9.59 Å². The standard InChI is InChI=1S/C15H18BrNO3S/c16-12-4-6-13(7-5-12)21-9-8-17-14(18)10-20-15(19)11-2-1-3-11/h4-7,11H,1-3,8-10H2,(H,17,18). The van der Waals surface area contributed by atoms with Gasteiger partial charge in [0.05, 0.1) is 5.92 Å². The van der Waals surface area contributed by atoms with Gasteiger partial charge in [0.25, 0.3) is 5.91 Å². The molecule has 0 aliphatic heterocycles. The van der Waals surface area contributed by atoms with E-state index in [4.69, 9.17) is 4.74 Å². The number of ether oxygens (including phenoxy) is 1. The summed E-state index contributed by atoms with van der Waals surface area (Å²) in [4.78, 5) is 24.1. The van der Waals surface area contributed by atoms with Gasteiger partial charge >= 0.3 is 5.97 Å². The van der Waals surface area contributed by atoms with Gasteiger partial charge in [-0.2, -0.15) is 0 Å². The summed E-state index contributed by atoms with van der Waals surface area (Å²) < 4.78 is 6.02. The van der Waals surface area contributed by atoms with Crippen LogP contribution in [-0.2, 0) is 14.3 Å². The highest BCUT2D eigenvalue weighted by molar-refractivity contribution is 9.10. The molecule has 1 aromatic carbocycles. The first kappa shape index (κ1) is 16.4. The summed E-state index contributed by atoms with van der Waals surface area (Å²) in [5.41, 5.74) is 0. The van der Waals surface area contributed by atoms with Crippen LogP contribution in [0.25, 0.3) is 0 Å². The Morgan fingerprint density at radius 1 is 1.29 bits per heavy atom. The van der Waals surface area contributed by atoms with Crippen molar-refractivity contribution in [1.82, 2.24) is 5.32 Å². The summed E-state index contributed by atoms with van der Waals surface area (Å²) in [6.07, 6.45) is 2.87. The maximum Gasteiger partial charge on any atom is 0.309 e. The zero-order valence-electron chi connectivity index (χ0n) is 11.6. The average Bonchev–Trinajstić information content (AvgIpc) is 2.41. The van der Waals surface area contributed by atoms with Crippen molar-refractivity contribution in [3.63, 3.8) is 0 Å². The van der Waals surface area contributed by atoms with Crippen LogP contribution < -0.4 is 5.32 Å². The van der Waals surface area contributed by atoms with Crippen molar-refractivity contribution in [1.29, 1.82) is 0 Å². The molecule has 1 fully saturated rings. The van der Waals surface area contributed by atoms with E-state index in [1.807, 2.05) is 24.3 Å². The van der Waals surface area contributed by atoms with Gasteiger partial charge in [-0.1, -0.05) is 22.4 Å². The van der Waals surface area contributed by atoms with Gasteiger partial charge < -0.3 is 10.1 Å². The maximum absolute atomic E-state index is 11.5. The van der Waals surface area contributed by atoms with Crippen LogP contribution in [0.4, 0.5) is 0 Å². The van der Waals surface area contributed by atoms with Crippen LogP contribution in [0.2, 0.25) is 0 Å². The summed E-state index contributed by atoms with van der Waals surface area (Å²) in [6.45, 7) is 0.388. The number of rotatable bonds is 7. The molecule has 21 heavy (non-hydrogen) atoms. The Morgan fingerprint density at radius 3 is 2.62 bits per heavy atom. The molecule has 0 unspecified atom stereocenters. The SMILES string of the molecule is O=C(COC(=O)C1CCC1)NCCSc1ccc(Br)cc1. The van der Waals surface area contributed by atoms with Crippen LogP contribution in [-0.4, -0.2) is 30.8 Å². The Hall–Kier alpha value is -1.01. The molecule has 1 N–H and O–H groups in total. The molecule has 0 heterocycles. The fourth-order valence-corrected chi connectivity index (χ4v) is 2.87. The van der Waals surface area contributed by atoms with Gasteiger partial charge in [-0.05, 0) is 37.1 Å². The Balaban J connectivity index is 1.54. The molecule has 1 aromatic rings. The quantitative estimate of drug-likeness (QED) is 0.454. The first-order valence-electron chi connectivity index (χ1n) is 6.97. The van der Waals surface area contributed by atoms with Crippen molar-refractivity contribution < 1.29 is 14.3 Å². The lowest BCUT2D eigenvalue weighted by atomic mass is 9.86. The lowest BCUT2D eigenvalue weighted by molar-refractivity contribution is -0.155. The number of nitrogens with one attached hydrogen (secondary N) is 1. The minimum atomic E-state index is -0.237. The topological polar surface area (TPSA) is 55.4 Å². The van der Waals surface area contributed by atoms with Gasteiger partial charge in [0.2, 0.25) is 0 Å². The van der Waals surface area contributed by atoms with Crippen molar-refractivity contribution in [2.75, 3.05) is 18.9 Å². The summed E-state index contributed by atoms with van der Waals surface area (Å²) in [5.74, 6) is 0.328. The van der Waals surface area contributed by atoms with E-state index >= 15 is 0 Å². The molecule has 0 bridgehead atoms. The summed E-state index contributed by atoms with van der Waals surface area (Å²) in [5, 5.41) is 2.75. The molecule has 0 aromatic heterocycles. The fourth-order valence-electron chi connectivity index (χ4n) is 1.84. The van der Waals surface area contributed by atoms with Crippen molar-refractivity contribution in [2.24, 2.45) is 5.92 Å². The molecule has 0 atom stereocenters. The van der Waals surface area contributed by atoms with Crippen LogP contribution in [0.3, 0.4) is 0 Å². The van der Waals surface area contributed by atoms with Gasteiger partial charge in [0.1, 0.15) is 0 Å². The zero-order chi connectivity index (χ0) is 15.1. The van der Waals surface area contributed by atoms with E-state index in [0.717, 1.165) is 34.4 Å². The third-order valence-corrected chi connectivity index (χ3v) is 4.83. The fraction of sp³-hybridized carbons (Fsp3) is 0.467. The lowest BCUT2D eigenvalue weighted by Gasteiger charge is -2.22. The number of hydrogen-bond acceptors (Lipinski definition) is 4. The minimum absolute atomic E-state index is 0.0192. The summed E-state index contributed by atoms with van der Waals surface area (Å²) >= 11 is 5.06. The average molecular weight is 372 g/mol. The highest BCUT2D eigenvalue weighted by Crippen LogP contribution is 2.27. The number of benzene rings is 1. The number of thioether (sulfide) groups is 1. The molecule has 6 heteroatoms. The van der Waals surface area contributed by atoms with Crippen molar-refractivity contribution in [2.45, 2.75) is 24.2 Å². The largest absolute Gasteiger partial charge is 0.455 e. The van der Waals surface area contributed by atoms with E-state index < -0.39 is 0 Å². The Kier molecular flexibility index (Phi) is 6.57. The van der Waals surface area contributed by atoms with Crippen LogP contribution in [0, 0.1) is 5.92 Å². The summed E-state index contributed by atoms with van der Waals surface area (Å²) in [7, 11) is 0. The maximum atomic E-state index is 11.5. The van der Waals surface area contributed by atoms with Crippen LogP contribution >= 0.6 is 27.7 Å². The second-order valence-corrected chi connectivity index (χ2v) is 6.97. The molecule has 0 saturated heterocycles. The van der Waals surface area contributed by atoms with E-state index in [2.05, 4.69) is 21.2 Å². The molecule has 114 valence electrons. The molecule has 1 aliphatic carbocycles. The van der Waals surface area contributed by atoms with Crippen molar-refractivity contribution in [3.05, 3.63) is 28.7 Å². The number of halogens is 1. The van der Waals surface area contributed by atoms with Crippen molar-refractivity contribution >= 4 is 39.6 Å². The van der Waals surface area contributed by atoms with E-state index in [-0.39, 0.29) is 24.4 Å². The van der Waals surface area contributed by atoms with E-state index in [1.165, 1.54) is 0 Å². The first-order chi connectivity index (χ1) is 10.1. The molecule has 4 nitrogen and oxygen atoms in total. The number of carbonyl (C=O) groups excluding carboxylic acids is 2. The molecular formula is C15H18BrNO3S. The molecule has 1 saturated carbocycles. The van der Waals surface area contributed by atoms with E-state index in [1.54, 1.807) is 11.8 Å². The molecule has 1 aliphatic rings. The number of esters is 1. The monoisotopic (exact) mass is 371 g/mol. The van der Waals surface area contributed by atoms with Crippen LogP contribution in [0.5, 0.6) is 0 Å². The zero-order valence-corrected chi connectivity index (χ0v) is 14.0. The summed E-state index contributed by atoms with van der Waals surface area (Å²) in [6, 6.07) is 8.02. The number of carbonyl (C=O) groups is 2. The smallest absolute Gasteiger partial charge is 0.309 e. The molecule has 0 radical (unpaired) electrons. The van der Waals surface area contributed by atoms with E-state index in [0.29, 0.717) is 6.54 Å². The highest BCUT2D eigenvalue weighted by atomic mass is 79.9. The molecule has 1 amide bonds. The Labute approximate surface area is 137 Å². The normalized spacial score (nSPS) is 14.3. The van der Waals surface area contributed by atoms with Gasteiger partial charge in [-0.3, -0.25) is 9.59 Å². The van der Waals surface area contributed by atoms with Gasteiger partial charge in [-0.25, -0.2) is 0 Å². The van der Waals surface area contributed by atoms with Crippen LogP contribution in [0.1, 0.15) is 19.3 Å². The second-order valence-electron chi connectivity index (χ2n) is 4.89. The number of amides is 1. The van der Waals surface area contributed by atoms with Gasteiger partial charge in [0.15, 0.2) is 6.61 Å². The molecule has 0 spiro atoms. The highest BCUT2D eigenvalue weighted by Gasteiger charge is 2.26. The van der Waals surface area contributed by atoms with Crippen LogP contribution in [0.15, 0.2) is 33.6 Å².